The molecule has 3 aromatic heterocycles. The molecule has 5 rings (SSSR count). The number of carbonyl (C=O) groups is 1. The summed E-state index contributed by atoms with van der Waals surface area (Å²) in [6.07, 6.45) is 4.58. The van der Waals surface area contributed by atoms with E-state index < -0.39 is 11.9 Å². The Hall–Kier alpha value is -3.33. The summed E-state index contributed by atoms with van der Waals surface area (Å²) in [5.41, 5.74) is 3.80. The van der Waals surface area contributed by atoms with Crippen molar-refractivity contribution >= 4 is 22.6 Å². The predicted molar refractivity (Wildman–Crippen MR) is 124 cm³/mol. The zero-order valence-corrected chi connectivity index (χ0v) is 18.8. The summed E-state index contributed by atoms with van der Waals surface area (Å²) < 4.78 is 14.8. The van der Waals surface area contributed by atoms with Gasteiger partial charge in [-0.3, -0.25) is 19.5 Å². The average molecular weight is 451 g/mol. The number of anilines is 1. The van der Waals surface area contributed by atoms with Gasteiger partial charge in [-0.2, -0.15) is 4.39 Å². The van der Waals surface area contributed by atoms with Crippen LogP contribution in [0.5, 0.6) is 0 Å². The second-order valence-corrected chi connectivity index (χ2v) is 8.72. The minimum atomic E-state index is -0.607. The zero-order chi connectivity index (χ0) is 23.1. The third kappa shape index (κ3) is 3.86. The van der Waals surface area contributed by atoms with E-state index in [1.54, 1.807) is 12.1 Å². The van der Waals surface area contributed by atoms with Crippen LogP contribution in [0.3, 0.4) is 0 Å². The van der Waals surface area contributed by atoms with E-state index in [0.717, 1.165) is 48.1 Å². The highest BCUT2D eigenvalue weighted by Gasteiger charge is 2.43. The fourth-order valence-electron chi connectivity index (χ4n) is 4.96. The molecular formula is C24H27FN6O2. The Morgan fingerprint density at radius 1 is 1.24 bits per heavy atom. The van der Waals surface area contributed by atoms with E-state index in [4.69, 9.17) is 0 Å². The van der Waals surface area contributed by atoms with Gasteiger partial charge in [0.1, 0.15) is 5.69 Å². The van der Waals surface area contributed by atoms with Crippen LogP contribution in [0.15, 0.2) is 35.3 Å². The molecule has 4 heterocycles. The molecule has 2 fully saturated rings. The van der Waals surface area contributed by atoms with Crippen molar-refractivity contribution in [3.8, 4) is 0 Å². The van der Waals surface area contributed by atoms with Gasteiger partial charge in [-0.15, -0.1) is 0 Å². The van der Waals surface area contributed by atoms with Crippen molar-refractivity contribution in [1.82, 2.24) is 25.2 Å². The number of hydrogen-bond acceptors (Lipinski definition) is 6. The molecule has 1 aliphatic carbocycles. The third-order valence-electron chi connectivity index (χ3n) is 6.89. The van der Waals surface area contributed by atoms with Gasteiger partial charge in [-0.25, -0.2) is 4.98 Å². The molecular weight excluding hydrogens is 423 g/mol. The van der Waals surface area contributed by atoms with E-state index in [1.807, 2.05) is 25.3 Å². The van der Waals surface area contributed by atoms with Crippen molar-refractivity contribution in [1.29, 1.82) is 0 Å². The lowest BCUT2D eigenvalue weighted by atomic mass is 9.81. The first-order chi connectivity index (χ1) is 16.0. The van der Waals surface area contributed by atoms with Crippen molar-refractivity contribution in [2.24, 2.45) is 0 Å². The molecule has 2 aliphatic rings. The number of nitrogens with one attached hydrogen (secondary N) is 2. The second kappa shape index (κ2) is 8.55. The van der Waals surface area contributed by atoms with Crippen molar-refractivity contribution in [3.05, 3.63) is 63.6 Å². The summed E-state index contributed by atoms with van der Waals surface area (Å²) in [5.74, 6) is -1.01. The summed E-state index contributed by atoms with van der Waals surface area (Å²) in [4.78, 5) is 39.8. The maximum absolute atomic E-state index is 14.8. The van der Waals surface area contributed by atoms with E-state index in [1.165, 1.54) is 7.05 Å². The van der Waals surface area contributed by atoms with Gasteiger partial charge in [0, 0.05) is 50.5 Å². The number of fused-ring (bicyclic) bond motifs is 2. The second-order valence-electron chi connectivity index (χ2n) is 8.72. The van der Waals surface area contributed by atoms with E-state index >= 15 is 0 Å². The molecule has 2 N–H and O–H groups in total. The Kier molecular flexibility index (Phi) is 5.57. The molecule has 8 nitrogen and oxygen atoms in total. The highest BCUT2D eigenvalue weighted by atomic mass is 19.1. The number of rotatable bonds is 5. The van der Waals surface area contributed by atoms with Gasteiger partial charge in [0.15, 0.2) is 0 Å². The molecule has 0 bridgehead atoms. The number of nitrogens with zero attached hydrogens (tertiary/aromatic N) is 4. The molecule has 0 aromatic carbocycles. The topological polar surface area (TPSA) is 94.2 Å². The van der Waals surface area contributed by atoms with Crippen LogP contribution in [-0.4, -0.2) is 58.0 Å². The van der Waals surface area contributed by atoms with Crippen LogP contribution in [0.4, 0.5) is 10.1 Å². The first kappa shape index (κ1) is 21.5. The van der Waals surface area contributed by atoms with E-state index in [2.05, 4.69) is 30.1 Å². The number of amides is 1. The number of hydrogen-bond donors (Lipinski definition) is 2. The Morgan fingerprint density at radius 3 is 2.76 bits per heavy atom. The lowest BCUT2D eigenvalue weighted by Crippen LogP contribution is -2.64. The van der Waals surface area contributed by atoms with Crippen molar-refractivity contribution in [2.75, 3.05) is 25.0 Å². The summed E-state index contributed by atoms with van der Waals surface area (Å²) in [6, 6.07) is 7.62. The lowest BCUT2D eigenvalue weighted by molar-refractivity contribution is 0.0654. The zero-order valence-electron chi connectivity index (χ0n) is 18.8. The maximum Gasteiger partial charge on any atom is 0.269 e. The highest BCUT2D eigenvalue weighted by molar-refractivity contribution is 5.92. The van der Waals surface area contributed by atoms with Crippen LogP contribution in [0.1, 0.15) is 41.4 Å². The lowest BCUT2D eigenvalue weighted by Gasteiger charge is -2.54. The van der Waals surface area contributed by atoms with Crippen LogP contribution in [0, 0.1) is 5.95 Å². The van der Waals surface area contributed by atoms with Crippen LogP contribution in [0.25, 0.3) is 11.0 Å². The molecule has 1 amide bonds. The van der Waals surface area contributed by atoms with Gasteiger partial charge in [0.05, 0.1) is 16.7 Å². The number of pyridine rings is 3. The maximum atomic E-state index is 14.8. The van der Waals surface area contributed by atoms with Crippen molar-refractivity contribution < 1.29 is 9.18 Å². The number of halogens is 1. The van der Waals surface area contributed by atoms with Crippen molar-refractivity contribution in [2.45, 2.75) is 44.8 Å². The number of piperazine rings is 1. The molecule has 2 atom stereocenters. The van der Waals surface area contributed by atoms with Gasteiger partial charge >= 0.3 is 0 Å². The Bertz CT molecular complexity index is 1280. The number of aromatic nitrogens is 3. The molecule has 172 valence electrons. The summed E-state index contributed by atoms with van der Waals surface area (Å²) in [6.45, 7) is 4.14. The van der Waals surface area contributed by atoms with Gasteiger partial charge in [0.2, 0.25) is 5.95 Å². The van der Waals surface area contributed by atoms with E-state index in [0.29, 0.717) is 24.7 Å². The monoisotopic (exact) mass is 450 g/mol. The van der Waals surface area contributed by atoms with E-state index in [-0.39, 0.29) is 17.3 Å². The number of aromatic amines is 1. The number of aryl methyl sites for hydroxylation is 1. The molecule has 33 heavy (non-hydrogen) atoms. The standard InChI is InChI=1S/C24H27FN6O2/c1-3-15-11-17-18(29-23(15)32)10-14(12-27-17)13-30-8-9-31(20-7-6-19(20)30)21-5-4-16(24(33)26-2)28-22(21)25/h4-5,10-12,19-20H,3,6-9,13H2,1-2H3,(H,26,33)(H,29,32)/t19?,20-/m1/s1. The minimum absolute atomic E-state index is 0.0605. The smallest absolute Gasteiger partial charge is 0.269 e. The Balaban J connectivity index is 1.33. The normalized spacial score (nSPS) is 20.4. The van der Waals surface area contributed by atoms with E-state index in [9.17, 15) is 14.0 Å². The SMILES string of the molecule is CCc1cc2ncc(CN3CCN(c4ccc(C(=O)NC)nc4F)[C@@H]4CCC43)cc2[nH]c1=O. The fourth-order valence-corrected chi connectivity index (χ4v) is 4.96. The molecule has 3 aromatic rings. The average Bonchev–Trinajstić information content (AvgIpc) is 2.79. The van der Waals surface area contributed by atoms with Crippen LogP contribution < -0.4 is 15.8 Å². The molecule has 0 spiro atoms. The predicted octanol–water partition coefficient (Wildman–Crippen LogP) is 2.23. The van der Waals surface area contributed by atoms with Gasteiger partial charge < -0.3 is 15.2 Å². The molecule has 1 aliphatic heterocycles. The number of H-pyrrole nitrogens is 1. The quantitative estimate of drug-likeness (QED) is 0.579. The minimum Gasteiger partial charge on any atom is -0.362 e. The van der Waals surface area contributed by atoms with Crippen LogP contribution >= 0.6 is 0 Å². The van der Waals surface area contributed by atoms with Gasteiger partial charge in [0.25, 0.3) is 11.5 Å². The summed E-state index contributed by atoms with van der Waals surface area (Å²) in [5, 5.41) is 2.47. The third-order valence-corrected chi connectivity index (χ3v) is 6.89. The summed E-state index contributed by atoms with van der Waals surface area (Å²) in [7, 11) is 1.50. The first-order valence-corrected chi connectivity index (χ1v) is 11.4. The van der Waals surface area contributed by atoms with Gasteiger partial charge in [-0.05, 0) is 49.1 Å². The molecule has 1 saturated heterocycles. The molecule has 0 radical (unpaired) electrons. The Labute approximate surface area is 190 Å². The van der Waals surface area contributed by atoms with Gasteiger partial charge in [-0.1, -0.05) is 6.92 Å². The number of carbonyl (C=O) groups excluding carboxylic acids is 1. The summed E-state index contributed by atoms with van der Waals surface area (Å²) >= 11 is 0. The van der Waals surface area contributed by atoms with Crippen molar-refractivity contribution in [3.63, 3.8) is 0 Å². The highest BCUT2D eigenvalue weighted by Crippen LogP contribution is 2.37. The van der Waals surface area contributed by atoms with Crippen LogP contribution in [0.2, 0.25) is 0 Å². The molecule has 9 heteroatoms. The van der Waals surface area contributed by atoms with Crippen LogP contribution in [-0.2, 0) is 13.0 Å². The molecule has 1 unspecified atom stereocenters. The Morgan fingerprint density at radius 2 is 2.06 bits per heavy atom. The molecule has 1 saturated carbocycles. The fraction of sp³-hybridized carbons (Fsp3) is 0.417. The largest absolute Gasteiger partial charge is 0.362 e. The first-order valence-electron chi connectivity index (χ1n) is 11.4.